The smallest absolute Gasteiger partial charge is 0.410 e. The summed E-state index contributed by atoms with van der Waals surface area (Å²) < 4.78 is 5.42. The molecule has 1 N–H and O–H groups in total. The first-order chi connectivity index (χ1) is 13.5. The van der Waals surface area contributed by atoms with Crippen LogP contribution in [0.15, 0.2) is 24.3 Å². The van der Waals surface area contributed by atoms with Gasteiger partial charge >= 0.3 is 6.09 Å². The fraction of sp³-hybridized carbons (Fsp3) is 0.636. The zero-order chi connectivity index (χ0) is 21.8. The summed E-state index contributed by atoms with van der Waals surface area (Å²) in [5.41, 5.74) is -1.01. The average molecular weight is 425 g/mol. The van der Waals surface area contributed by atoms with Gasteiger partial charge in [0.05, 0.1) is 11.5 Å². The molecule has 0 aromatic heterocycles. The van der Waals surface area contributed by atoms with E-state index < -0.39 is 17.1 Å². The van der Waals surface area contributed by atoms with Crippen molar-refractivity contribution in [3.8, 4) is 0 Å². The Labute approximate surface area is 178 Å². The molecule has 0 aliphatic carbocycles. The van der Waals surface area contributed by atoms with Crippen molar-refractivity contribution in [2.75, 3.05) is 26.2 Å². The molecule has 0 saturated carbocycles. The molecule has 0 radical (unpaired) electrons. The van der Waals surface area contributed by atoms with Crippen LogP contribution >= 0.6 is 11.6 Å². The lowest BCUT2D eigenvalue weighted by molar-refractivity contribution is -0.142. The lowest BCUT2D eigenvalue weighted by Gasteiger charge is -2.41. The van der Waals surface area contributed by atoms with Crippen LogP contribution in [0.3, 0.4) is 0 Å². The minimum Gasteiger partial charge on any atom is -0.444 e. The molecule has 1 aromatic rings. The normalized spacial score (nSPS) is 16.5. The predicted molar refractivity (Wildman–Crippen MR) is 114 cm³/mol. The second-order valence-corrected chi connectivity index (χ2v) is 9.03. The zero-order valence-electron chi connectivity index (χ0n) is 18.1. The third kappa shape index (κ3) is 5.86. The van der Waals surface area contributed by atoms with Gasteiger partial charge in [-0.3, -0.25) is 4.79 Å². The molecule has 0 bridgehead atoms. The third-order valence-corrected chi connectivity index (χ3v) is 5.67. The Balaban J connectivity index is 2.18. The van der Waals surface area contributed by atoms with E-state index in [2.05, 4.69) is 0 Å². The van der Waals surface area contributed by atoms with Gasteiger partial charge in [0.1, 0.15) is 5.60 Å². The van der Waals surface area contributed by atoms with Crippen molar-refractivity contribution in [1.82, 2.24) is 9.80 Å². The predicted octanol–water partition coefficient (Wildman–Crippen LogP) is 4.05. The highest BCUT2D eigenvalue weighted by atomic mass is 35.5. The number of carbonyl (C=O) groups is 2. The minimum absolute atomic E-state index is 0.137. The monoisotopic (exact) mass is 424 g/mol. The molecule has 0 spiro atoms. The Bertz CT molecular complexity index is 720. The van der Waals surface area contributed by atoms with Crippen molar-refractivity contribution >= 4 is 23.6 Å². The Morgan fingerprint density at radius 3 is 2.14 bits per heavy atom. The van der Waals surface area contributed by atoms with Gasteiger partial charge in [0, 0.05) is 31.2 Å². The molecule has 6 nitrogen and oxygen atoms in total. The highest BCUT2D eigenvalue weighted by Crippen LogP contribution is 2.36. The number of hydrogen-bond donors (Lipinski definition) is 1. The van der Waals surface area contributed by atoms with Gasteiger partial charge in [-0.15, -0.1) is 0 Å². The number of halogens is 1. The molecular formula is C22H33ClN2O4. The number of ether oxygens (including phenoxy) is 1. The Morgan fingerprint density at radius 1 is 1.10 bits per heavy atom. The molecule has 29 heavy (non-hydrogen) atoms. The molecule has 162 valence electrons. The maximum atomic E-state index is 13.5. The number of rotatable bonds is 5. The van der Waals surface area contributed by atoms with Crippen LogP contribution in [0, 0.1) is 0 Å². The van der Waals surface area contributed by atoms with E-state index in [0.29, 0.717) is 49.6 Å². The van der Waals surface area contributed by atoms with Crippen molar-refractivity contribution in [3.63, 3.8) is 0 Å². The van der Waals surface area contributed by atoms with Crippen molar-refractivity contribution in [2.45, 2.75) is 64.6 Å². The lowest BCUT2D eigenvalue weighted by Crippen LogP contribution is -2.55. The SMILES string of the molecule is CCC(O)(CC)C(C(=O)N1CCN(C(=O)OC(C)(C)C)CC1)c1cccc(Cl)c1. The van der Waals surface area contributed by atoms with Gasteiger partial charge in [-0.05, 0) is 51.3 Å². The minimum atomic E-state index is -1.16. The molecule has 1 unspecified atom stereocenters. The van der Waals surface area contributed by atoms with E-state index >= 15 is 0 Å². The number of aliphatic hydroxyl groups is 1. The van der Waals surface area contributed by atoms with Crippen LogP contribution in [0.4, 0.5) is 4.79 Å². The van der Waals surface area contributed by atoms with Crippen molar-refractivity contribution in [2.24, 2.45) is 0 Å². The number of amides is 2. The summed E-state index contributed by atoms with van der Waals surface area (Å²) in [4.78, 5) is 29.1. The number of nitrogens with zero attached hydrogens (tertiary/aromatic N) is 2. The van der Waals surface area contributed by atoms with Crippen LogP contribution in [0.1, 0.15) is 58.9 Å². The molecule has 1 heterocycles. The summed E-state index contributed by atoms with van der Waals surface area (Å²) >= 11 is 6.16. The van der Waals surface area contributed by atoms with Gasteiger partial charge in [-0.25, -0.2) is 4.79 Å². The summed E-state index contributed by atoms with van der Waals surface area (Å²) in [6.45, 7) is 10.9. The van der Waals surface area contributed by atoms with Gasteiger partial charge in [0.25, 0.3) is 0 Å². The number of hydrogen-bond acceptors (Lipinski definition) is 4. The van der Waals surface area contributed by atoms with Crippen molar-refractivity contribution in [1.29, 1.82) is 0 Å². The van der Waals surface area contributed by atoms with E-state index in [1.807, 2.05) is 40.7 Å². The fourth-order valence-corrected chi connectivity index (χ4v) is 3.84. The topological polar surface area (TPSA) is 70.1 Å². The molecule has 1 fully saturated rings. The second kappa shape index (κ2) is 9.35. The third-order valence-electron chi connectivity index (χ3n) is 5.43. The zero-order valence-corrected chi connectivity index (χ0v) is 18.8. The second-order valence-electron chi connectivity index (χ2n) is 8.59. The maximum absolute atomic E-state index is 13.5. The molecule has 7 heteroatoms. The van der Waals surface area contributed by atoms with E-state index in [1.165, 1.54) is 0 Å². The first-order valence-corrected chi connectivity index (χ1v) is 10.6. The van der Waals surface area contributed by atoms with Gasteiger partial charge in [-0.2, -0.15) is 0 Å². The standard InChI is InChI=1S/C22H33ClN2O4/c1-6-22(28,7-2)18(16-9-8-10-17(23)15-16)19(26)24-11-13-25(14-12-24)20(27)29-21(3,4)5/h8-10,15,18,28H,6-7,11-14H2,1-5H3. The first kappa shape index (κ1) is 23.5. The highest BCUT2D eigenvalue weighted by Gasteiger charge is 2.42. The van der Waals surface area contributed by atoms with Gasteiger partial charge in [0.2, 0.25) is 5.91 Å². The van der Waals surface area contributed by atoms with Crippen LogP contribution in [0.2, 0.25) is 5.02 Å². The Kier molecular flexibility index (Phi) is 7.57. The summed E-state index contributed by atoms with van der Waals surface area (Å²) in [6.07, 6.45) is 0.531. The van der Waals surface area contributed by atoms with Gasteiger partial charge in [-0.1, -0.05) is 37.6 Å². The van der Waals surface area contributed by atoms with E-state index in [0.717, 1.165) is 0 Å². The lowest BCUT2D eigenvalue weighted by atomic mass is 9.77. The Hall–Kier alpha value is -1.79. The van der Waals surface area contributed by atoms with Gasteiger partial charge in [0.15, 0.2) is 0 Å². The largest absolute Gasteiger partial charge is 0.444 e. The van der Waals surface area contributed by atoms with Crippen LogP contribution in [0.5, 0.6) is 0 Å². The number of benzene rings is 1. The first-order valence-electron chi connectivity index (χ1n) is 10.2. The summed E-state index contributed by atoms with van der Waals surface area (Å²) in [5.74, 6) is -0.841. The number of piperazine rings is 1. The molecule has 1 saturated heterocycles. The van der Waals surface area contributed by atoms with Crippen molar-refractivity contribution < 1.29 is 19.4 Å². The van der Waals surface area contributed by atoms with E-state index in [4.69, 9.17) is 16.3 Å². The number of carbonyl (C=O) groups excluding carboxylic acids is 2. The Morgan fingerprint density at radius 2 is 1.66 bits per heavy atom. The molecule has 1 aliphatic heterocycles. The van der Waals surface area contributed by atoms with E-state index in [1.54, 1.807) is 28.0 Å². The van der Waals surface area contributed by atoms with E-state index in [-0.39, 0.29) is 12.0 Å². The van der Waals surface area contributed by atoms with Crippen LogP contribution < -0.4 is 0 Å². The molecule has 1 aromatic carbocycles. The van der Waals surface area contributed by atoms with E-state index in [9.17, 15) is 14.7 Å². The molecule has 1 atom stereocenters. The molecule has 2 rings (SSSR count). The highest BCUT2D eigenvalue weighted by molar-refractivity contribution is 6.30. The molecule has 1 aliphatic rings. The summed E-state index contributed by atoms with van der Waals surface area (Å²) in [7, 11) is 0. The summed E-state index contributed by atoms with van der Waals surface area (Å²) in [6, 6.07) is 7.13. The summed E-state index contributed by atoms with van der Waals surface area (Å²) in [5, 5.41) is 11.8. The van der Waals surface area contributed by atoms with Crippen LogP contribution in [-0.2, 0) is 9.53 Å². The molecular weight excluding hydrogens is 392 g/mol. The average Bonchev–Trinajstić information content (AvgIpc) is 2.66. The fourth-order valence-electron chi connectivity index (χ4n) is 3.65. The maximum Gasteiger partial charge on any atom is 0.410 e. The van der Waals surface area contributed by atoms with Crippen LogP contribution in [0.25, 0.3) is 0 Å². The molecule has 2 amide bonds. The quantitative estimate of drug-likeness (QED) is 0.773. The van der Waals surface area contributed by atoms with Gasteiger partial charge < -0.3 is 19.6 Å². The van der Waals surface area contributed by atoms with Crippen molar-refractivity contribution in [3.05, 3.63) is 34.9 Å². The van der Waals surface area contributed by atoms with Crippen LogP contribution in [-0.4, -0.2) is 64.3 Å².